The Kier molecular flexibility index (Phi) is 6.30. The topological polar surface area (TPSA) is 26.8 Å². The molecule has 0 spiro atoms. The van der Waals surface area contributed by atoms with Gasteiger partial charge in [-0.05, 0) is 80.2 Å². The minimum atomic E-state index is -0.0238. The molecule has 0 aromatic heterocycles. The normalized spacial score (nSPS) is 16.0. The summed E-state index contributed by atoms with van der Waals surface area (Å²) in [6.45, 7) is 2.11. The zero-order valence-electron chi connectivity index (χ0n) is 18.3. The average Bonchev–Trinajstić information content (AvgIpc) is 3.30. The van der Waals surface area contributed by atoms with Gasteiger partial charge in [-0.1, -0.05) is 35.9 Å². The molecule has 160 valence electrons. The molecule has 1 heterocycles. The molecule has 3 aromatic carbocycles. The first kappa shape index (κ1) is 21.4. The minimum absolute atomic E-state index is 0.0238. The van der Waals surface area contributed by atoms with Gasteiger partial charge in [0.15, 0.2) is 0 Å². The van der Waals surface area contributed by atoms with E-state index in [0.29, 0.717) is 16.6 Å². The van der Waals surface area contributed by atoms with Crippen molar-refractivity contribution in [3.05, 3.63) is 83.4 Å². The third kappa shape index (κ3) is 4.76. The predicted octanol–water partition coefficient (Wildman–Crippen LogP) is 5.42. The van der Waals surface area contributed by atoms with Crippen molar-refractivity contribution in [2.75, 3.05) is 44.0 Å². The van der Waals surface area contributed by atoms with E-state index in [1.807, 2.05) is 67.7 Å². The van der Waals surface area contributed by atoms with Gasteiger partial charge in [0, 0.05) is 48.1 Å². The van der Waals surface area contributed by atoms with Gasteiger partial charge in [0.1, 0.15) is 0 Å². The number of hydrogen-bond donors (Lipinski definition) is 0. The van der Waals surface area contributed by atoms with Gasteiger partial charge >= 0.3 is 0 Å². The lowest BCUT2D eigenvalue weighted by Crippen LogP contribution is -2.31. The van der Waals surface area contributed by atoms with Crippen molar-refractivity contribution in [1.82, 2.24) is 4.90 Å². The van der Waals surface area contributed by atoms with E-state index >= 15 is 0 Å². The zero-order valence-corrected chi connectivity index (χ0v) is 19.0. The number of halogens is 1. The molecule has 0 aliphatic carbocycles. The van der Waals surface area contributed by atoms with Crippen LogP contribution in [-0.2, 0) is 0 Å². The highest BCUT2D eigenvalue weighted by atomic mass is 35.5. The summed E-state index contributed by atoms with van der Waals surface area (Å²) in [7, 11) is 6.10. The second-order valence-electron chi connectivity index (χ2n) is 8.32. The Morgan fingerprint density at radius 2 is 1.45 bits per heavy atom. The summed E-state index contributed by atoms with van der Waals surface area (Å²) < 4.78 is 0. The molecule has 1 atom stereocenters. The summed E-state index contributed by atoms with van der Waals surface area (Å²) in [5.41, 5.74) is 4.89. The number of likely N-dealkylation sites (N-methyl/N-ethyl adjacent to an activating group) is 1. The maximum absolute atomic E-state index is 13.0. The van der Waals surface area contributed by atoms with Crippen molar-refractivity contribution < 1.29 is 4.79 Å². The Morgan fingerprint density at radius 3 is 2.00 bits per heavy atom. The third-order valence-electron chi connectivity index (χ3n) is 6.11. The van der Waals surface area contributed by atoms with Gasteiger partial charge in [-0.15, -0.1) is 0 Å². The van der Waals surface area contributed by atoms with Crippen molar-refractivity contribution in [2.24, 2.45) is 0 Å². The second-order valence-corrected chi connectivity index (χ2v) is 8.75. The van der Waals surface area contributed by atoms with Crippen LogP contribution in [0.4, 0.5) is 11.4 Å². The fourth-order valence-electron chi connectivity index (χ4n) is 4.04. The van der Waals surface area contributed by atoms with Crippen LogP contribution in [0, 0.1) is 0 Å². The maximum Gasteiger partial charge on any atom is 0.258 e. The van der Waals surface area contributed by atoms with Crippen molar-refractivity contribution in [1.29, 1.82) is 0 Å². The molecular formula is C26H28ClN3O. The second kappa shape index (κ2) is 9.13. The lowest BCUT2D eigenvalue weighted by molar-refractivity contribution is 0.0993. The fourth-order valence-corrected chi connectivity index (χ4v) is 4.17. The smallest absolute Gasteiger partial charge is 0.258 e. The quantitative estimate of drug-likeness (QED) is 0.537. The molecule has 5 heteroatoms. The van der Waals surface area contributed by atoms with Crippen LogP contribution in [0.5, 0.6) is 0 Å². The number of benzene rings is 3. The zero-order chi connectivity index (χ0) is 22.0. The summed E-state index contributed by atoms with van der Waals surface area (Å²) in [5, 5.41) is 0.713. The van der Waals surface area contributed by atoms with Crippen molar-refractivity contribution in [2.45, 2.75) is 12.5 Å². The van der Waals surface area contributed by atoms with Crippen molar-refractivity contribution in [3.8, 4) is 11.1 Å². The first-order chi connectivity index (χ1) is 14.9. The van der Waals surface area contributed by atoms with Gasteiger partial charge in [0.25, 0.3) is 5.91 Å². The highest BCUT2D eigenvalue weighted by molar-refractivity contribution is 6.30. The molecule has 4 rings (SSSR count). The lowest BCUT2D eigenvalue weighted by Gasteiger charge is -2.23. The van der Waals surface area contributed by atoms with E-state index in [2.05, 4.69) is 36.0 Å². The van der Waals surface area contributed by atoms with Gasteiger partial charge in [-0.25, -0.2) is 0 Å². The van der Waals surface area contributed by atoms with Crippen LogP contribution in [0.25, 0.3) is 11.1 Å². The van der Waals surface area contributed by atoms with Crippen LogP contribution >= 0.6 is 11.6 Å². The summed E-state index contributed by atoms with van der Waals surface area (Å²) >= 11 is 5.97. The number of nitrogens with zero attached hydrogens (tertiary/aromatic N) is 3. The highest BCUT2D eigenvalue weighted by Gasteiger charge is 2.24. The molecule has 1 amide bonds. The Bertz CT molecular complexity index is 1030. The Balaban J connectivity index is 1.43. The monoisotopic (exact) mass is 433 g/mol. The molecule has 31 heavy (non-hydrogen) atoms. The fraction of sp³-hybridized carbons (Fsp3) is 0.269. The number of amides is 1. The molecule has 0 radical (unpaired) electrons. The molecule has 0 bridgehead atoms. The Labute approximate surface area is 189 Å². The van der Waals surface area contributed by atoms with Gasteiger partial charge in [-0.3, -0.25) is 4.79 Å². The van der Waals surface area contributed by atoms with E-state index in [0.717, 1.165) is 29.9 Å². The third-order valence-corrected chi connectivity index (χ3v) is 6.36. The number of anilines is 2. The molecule has 4 nitrogen and oxygen atoms in total. The lowest BCUT2D eigenvalue weighted by atomic mass is 10.0. The first-order valence-electron chi connectivity index (χ1n) is 10.6. The molecule has 1 aliphatic heterocycles. The molecular weight excluding hydrogens is 406 g/mol. The van der Waals surface area contributed by atoms with E-state index in [1.165, 1.54) is 12.1 Å². The van der Waals surface area contributed by atoms with Gasteiger partial charge in [0.05, 0.1) is 0 Å². The van der Waals surface area contributed by atoms with Gasteiger partial charge in [0.2, 0.25) is 0 Å². The highest BCUT2D eigenvalue weighted by Crippen LogP contribution is 2.26. The largest absolute Gasteiger partial charge is 0.370 e. The van der Waals surface area contributed by atoms with E-state index in [1.54, 1.807) is 4.90 Å². The van der Waals surface area contributed by atoms with Crippen LogP contribution in [0.1, 0.15) is 16.8 Å². The molecule has 0 N–H and O–H groups in total. The standard InChI is InChI=1S/C26H28ClN3O/c1-28(2)25-16-17-30(18-25)24-14-12-23(13-15-24)29(3)26(31)21-6-4-19(5-7-21)20-8-10-22(27)11-9-20/h4-15,25H,16-18H2,1-3H3. The van der Waals surface area contributed by atoms with Crippen molar-refractivity contribution >= 4 is 28.9 Å². The Hall–Kier alpha value is -2.82. The van der Waals surface area contributed by atoms with E-state index in [9.17, 15) is 4.79 Å². The molecule has 1 aliphatic rings. The molecule has 1 unspecified atom stereocenters. The number of carbonyl (C=O) groups is 1. The maximum atomic E-state index is 13.0. The predicted molar refractivity (Wildman–Crippen MR) is 130 cm³/mol. The molecule has 0 saturated carbocycles. The summed E-state index contributed by atoms with van der Waals surface area (Å²) in [6, 6.07) is 24.3. The molecule has 3 aromatic rings. The SMILES string of the molecule is CN(C(=O)c1ccc(-c2ccc(Cl)cc2)cc1)c1ccc(N2CCC(N(C)C)C2)cc1. The van der Waals surface area contributed by atoms with Crippen LogP contribution in [0.3, 0.4) is 0 Å². The summed E-state index contributed by atoms with van der Waals surface area (Å²) in [4.78, 5) is 19.4. The number of hydrogen-bond acceptors (Lipinski definition) is 3. The van der Waals surface area contributed by atoms with E-state index < -0.39 is 0 Å². The van der Waals surface area contributed by atoms with Crippen molar-refractivity contribution in [3.63, 3.8) is 0 Å². The van der Waals surface area contributed by atoms with Crippen LogP contribution in [0.15, 0.2) is 72.8 Å². The van der Waals surface area contributed by atoms with Crippen LogP contribution in [0.2, 0.25) is 5.02 Å². The van der Waals surface area contributed by atoms with Crippen LogP contribution < -0.4 is 9.80 Å². The average molecular weight is 434 g/mol. The Morgan fingerprint density at radius 1 is 0.871 bits per heavy atom. The first-order valence-corrected chi connectivity index (χ1v) is 11.0. The minimum Gasteiger partial charge on any atom is -0.370 e. The van der Waals surface area contributed by atoms with Crippen LogP contribution in [-0.4, -0.2) is 51.1 Å². The van der Waals surface area contributed by atoms with E-state index in [-0.39, 0.29) is 5.91 Å². The molecule has 1 saturated heterocycles. The number of rotatable bonds is 5. The van der Waals surface area contributed by atoms with Gasteiger partial charge in [-0.2, -0.15) is 0 Å². The summed E-state index contributed by atoms with van der Waals surface area (Å²) in [5.74, 6) is -0.0238. The van der Waals surface area contributed by atoms with E-state index in [4.69, 9.17) is 11.6 Å². The molecule has 1 fully saturated rings. The van der Waals surface area contributed by atoms with Gasteiger partial charge < -0.3 is 14.7 Å². The summed E-state index contributed by atoms with van der Waals surface area (Å²) in [6.07, 6.45) is 1.18. The number of carbonyl (C=O) groups excluding carboxylic acids is 1.